The highest BCUT2D eigenvalue weighted by Crippen LogP contribution is 2.50. The van der Waals surface area contributed by atoms with Crippen LogP contribution in [0.4, 0.5) is 0 Å². The van der Waals surface area contributed by atoms with E-state index in [4.69, 9.17) is 34.2 Å². The number of pyridine rings is 2. The Morgan fingerprint density at radius 2 is 0.640 bits per heavy atom. The van der Waals surface area contributed by atoms with E-state index in [2.05, 4.69) is 360 Å². The zero-order valence-electron chi connectivity index (χ0n) is 61.8. The Morgan fingerprint density at radius 3 is 1.16 bits per heavy atom. The summed E-state index contributed by atoms with van der Waals surface area (Å²) >= 11 is 0. The molecule has 8 nitrogen and oxygen atoms in total. The molecule has 4 aromatic heterocycles. The number of aromatic nitrogens is 6. The number of fused-ring (bicyclic) bond motifs is 12. The number of hydrogen-bond acceptors (Lipinski definition) is 7. The minimum absolute atomic E-state index is 0.171. The summed E-state index contributed by atoms with van der Waals surface area (Å²) in [4.78, 5) is 25.6. The van der Waals surface area contributed by atoms with Crippen molar-refractivity contribution in [3.63, 3.8) is 0 Å². The third kappa shape index (κ3) is 11.8. The van der Waals surface area contributed by atoms with Gasteiger partial charge in [-0.15, -0.1) is 0 Å². The molecule has 9 heteroatoms. The van der Waals surface area contributed by atoms with Crippen molar-refractivity contribution in [2.45, 2.75) is 44.8 Å². The van der Waals surface area contributed by atoms with Gasteiger partial charge in [0.15, 0.2) is 17.5 Å². The SMILES string of the molecule is CC1(C)OB(c2ccc(-c3nc4ccccc4c4c(-c5cccc(-n6c7ccccc7c7ccccc76)c5)cccc34)cc2)OC1(C)C.c1ccc(-c2ccc(-c3nc(-c4ccccc4)nc(-c4ccc(-c5nc6ccccc6c6c(-c7cccc(C8c9ccccc9-c9ccccc98)c7)cccc56)cc4)n3)cc2)cc1. The predicted octanol–water partition coefficient (Wildman–Crippen LogP) is 24.9. The lowest BCUT2D eigenvalue weighted by Gasteiger charge is -2.32. The Labute approximate surface area is 644 Å². The van der Waals surface area contributed by atoms with E-state index in [1.54, 1.807) is 0 Å². The van der Waals surface area contributed by atoms with Crippen molar-refractivity contribution >= 4 is 77.7 Å². The lowest BCUT2D eigenvalue weighted by atomic mass is 9.78. The largest absolute Gasteiger partial charge is 0.494 e. The standard InChI is InChI=1S/C59H38N4.C43H35BN2O2/c1-3-15-38(16-4-1)39-29-33-42(34-30-39)58-61-57(41-17-5-2-6-18-41)62-59(63-58)43-35-31-40(32-36-43)56-52-27-14-26-46(55(52)51-25-11-12-28-53(51)60-56)44-19-13-20-45(37-44)54-49-23-9-7-21-47(49)48-22-8-10-24-50(48)54;1-42(2)43(3,4)48-44(47-42)30-25-23-28(24-26-30)41-36-19-12-18-32(40(36)35-17-5-8-20-37(35)45-41)29-13-11-14-31(27-29)46-38-21-9-6-15-33(38)34-16-7-10-22-39(34)46/h1-37,54H;5-27H,1-4H3. The van der Waals surface area contributed by atoms with Crippen molar-refractivity contribution in [3.8, 4) is 107 Å². The smallest absolute Gasteiger partial charge is 0.399 e. The molecule has 0 radical (unpaired) electrons. The average molecular weight is 1430 g/mol. The van der Waals surface area contributed by atoms with Crippen LogP contribution in [-0.4, -0.2) is 47.8 Å². The third-order valence-electron chi connectivity index (χ3n) is 22.9. The summed E-state index contributed by atoms with van der Waals surface area (Å²) in [5.74, 6) is 2.04. The van der Waals surface area contributed by atoms with Crippen LogP contribution >= 0.6 is 0 Å². The van der Waals surface area contributed by atoms with Gasteiger partial charge < -0.3 is 13.9 Å². The topological polar surface area (TPSA) is 87.8 Å². The summed E-state index contributed by atoms with van der Waals surface area (Å²) in [6.45, 7) is 8.34. The summed E-state index contributed by atoms with van der Waals surface area (Å²) in [6, 6.07) is 129. The predicted molar refractivity (Wildman–Crippen MR) is 458 cm³/mol. The van der Waals surface area contributed by atoms with Gasteiger partial charge in [-0.25, -0.2) is 24.9 Å². The van der Waals surface area contributed by atoms with E-state index >= 15 is 0 Å². The van der Waals surface area contributed by atoms with Crippen LogP contribution in [0, 0.1) is 0 Å². The molecule has 0 atom stereocenters. The lowest BCUT2D eigenvalue weighted by Crippen LogP contribution is -2.41. The Bertz CT molecular complexity index is 6720. The number of hydrogen-bond donors (Lipinski definition) is 0. The molecule has 0 amide bonds. The van der Waals surface area contributed by atoms with Gasteiger partial charge in [0.25, 0.3) is 0 Å². The fourth-order valence-electron chi connectivity index (χ4n) is 16.7. The monoisotopic (exact) mass is 1420 g/mol. The molecule has 19 aromatic rings. The quantitative estimate of drug-likeness (QED) is 0.0942. The van der Waals surface area contributed by atoms with Crippen LogP contribution in [0.5, 0.6) is 0 Å². The highest BCUT2D eigenvalue weighted by atomic mass is 16.7. The van der Waals surface area contributed by atoms with E-state index in [0.29, 0.717) is 17.5 Å². The van der Waals surface area contributed by atoms with Crippen LogP contribution in [-0.2, 0) is 9.31 Å². The van der Waals surface area contributed by atoms with Gasteiger partial charge in [0.1, 0.15) is 0 Å². The number of benzene rings is 15. The zero-order chi connectivity index (χ0) is 74.3. The number of para-hydroxylation sites is 4. The van der Waals surface area contributed by atoms with Crippen molar-refractivity contribution in [2.75, 3.05) is 0 Å². The van der Waals surface area contributed by atoms with Gasteiger partial charge in [0.05, 0.1) is 44.7 Å². The zero-order valence-corrected chi connectivity index (χ0v) is 61.8. The number of rotatable bonds is 11. The van der Waals surface area contributed by atoms with Gasteiger partial charge >= 0.3 is 7.12 Å². The van der Waals surface area contributed by atoms with Crippen molar-refractivity contribution in [3.05, 3.63) is 381 Å². The summed E-state index contributed by atoms with van der Waals surface area (Å²) in [5, 5.41) is 9.42. The Balaban J connectivity index is 0.000000150. The Hall–Kier alpha value is -13.6. The molecule has 0 saturated carbocycles. The van der Waals surface area contributed by atoms with E-state index in [1.807, 2.05) is 36.4 Å². The Morgan fingerprint density at radius 1 is 0.279 bits per heavy atom. The molecule has 0 unspecified atom stereocenters. The second-order valence-electron chi connectivity index (χ2n) is 30.0. The van der Waals surface area contributed by atoms with Crippen LogP contribution in [0.2, 0.25) is 0 Å². The fourth-order valence-corrected chi connectivity index (χ4v) is 16.7. The van der Waals surface area contributed by atoms with E-state index < -0.39 is 7.12 Å². The molecule has 1 saturated heterocycles. The van der Waals surface area contributed by atoms with Crippen LogP contribution in [0.25, 0.3) is 172 Å². The molecule has 1 aliphatic heterocycles. The van der Waals surface area contributed by atoms with Gasteiger partial charge in [-0.1, -0.05) is 328 Å². The second-order valence-corrected chi connectivity index (χ2v) is 30.0. The van der Waals surface area contributed by atoms with Crippen LogP contribution < -0.4 is 5.46 Å². The summed E-state index contributed by atoms with van der Waals surface area (Å²) < 4.78 is 15.0. The first-order valence-electron chi connectivity index (χ1n) is 38.1. The fraction of sp³-hybridized carbons (Fsp3) is 0.0686. The molecular weight excluding hydrogens is 1350 g/mol. The maximum Gasteiger partial charge on any atom is 0.494 e. The van der Waals surface area contributed by atoms with Gasteiger partial charge in [0.2, 0.25) is 0 Å². The molecule has 15 aromatic carbocycles. The molecule has 0 spiro atoms. The minimum atomic E-state index is -0.404. The molecule has 111 heavy (non-hydrogen) atoms. The molecule has 2 aliphatic rings. The van der Waals surface area contributed by atoms with Crippen LogP contribution in [0.15, 0.2) is 364 Å². The van der Waals surface area contributed by atoms with Gasteiger partial charge in [0, 0.05) is 82.5 Å². The lowest BCUT2D eigenvalue weighted by molar-refractivity contribution is 0.00578. The van der Waals surface area contributed by atoms with Gasteiger partial charge in [-0.05, 0) is 131 Å². The maximum atomic E-state index is 6.33. The van der Waals surface area contributed by atoms with E-state index in [0.717, 1.165) is 88.5 Å². The van der Waals surface area contributed by atoms with Crippen LogP contribution in [0.1, 0.15) is 50.3 Å². The molecule has 526 valence electrons. The Kier molecular flexibility index (Phi) is 16.4. The van der Waals surface area contributed by atoms with Crippen molar-refractivity contribution in [1.82, 2.24) is 29.5 Å². The number of nitrogens with zero attached hydrogens (tertiary/aromatic N) is 6. The van der Waals surface area contributed by atoms with Crippen molar-refractivity contribution < 1.29 is 9.31 Å². The molecular formula is C102H73BN6O2. The van der Waals surface area contributed by atoms with E-state index in [1.165, 1.54) is 88.2 Å². The first kappa shape index (κ1) is 66.8. The average Bonchev–Trinajstić information content (AvgIpc) is 1.55. The van der Waals surface area contributed by atoms with Crippen LogP contribution in [0.3, 0.4) is 0 Å². The second kappa shape index (κ2) is 27.3. The highest BCUT2D eigenvalue weighted by Gasteiger charge is 2.51. The molecule has 0 bridgehead atoms. The molecule has 0 N–H and O–H groups in total. The van der Waals surface area contributed by atoms with Crippen molar-refractivity contribution in [2.24, 2.45) is 0 Å². The summed E-state index contributed by atoms with van der Waals surface area (Å²) in [6.07, 6.45) is 0. The normalized spacial score (nSPS) is 13.6. The van der Waals surface area contributed by atoms with Crippen molar-refractivity contribution in [1.29, 1.82) is 0 Å². The summed E-state index contributed by atoms with van der Waals surface area (Å²) in [7, 11) is -0.404. The van der Waals surface area contributed by atoms with E-state index in [9.17, 15) is 0 Å². The molecule has 5 heterocycles. The summed E-state index contributed by atoms with van der Waals surface area (Å²) in [5.41, 5.74) is 26.1. The minimum Gasteiger partial charge on any atom is -0.399 e. The molecule has 1 aliphatic carbocycles. The van der Waals surface area contributed by atoms with Gasteiger partial charge in [-0.2, -0.15) is 0 Å². The third-order valence-corrected chi connectivity index (χ3v) is 22.9. The highest BCUT2D eigenvalue weighted by molar-refractivity contribution is 6.62. The molecule has 21 rings (SSSR count). The molecule has 1 fully saturated rings. The maximum absolute atomic E-state index is 6.33. The first-order chi connectivity index (χ1) is 54.5. The first-order valence-corrected chi connectivity index (χ1v) is 38.1. The van der Waals surface area contributed by atoms with Gasteiger partial charge in [-0.3, -0.25) is 0 Å². The van der Waals surface area contributed by atoms with E-state index in [-0.39, 0.29) is 17.1 Å².